The summed E-state index contributed by atoms with van der Waals surface area (Å²) in [5, 5.41) is 12.2. The van der Waals surface area contributed by atoms with Gasteiger partial charge in [-0.25, -0.2) is 9.78 Å². The number of hydrogen-bond acceptors (Lipinski definition) is 7. The Morgan fingerprint density at radius 1 is 1.22 bits per heavy atom. The van der Waals surface area contributed by atoms with Crippen molar-refractivity contribution < 1.29 is 37.2 Å². The lowest BCUT2D eigenvalue weighted by atomic mass is 9.90. The van der Waals surface area contributed by atoms with Crippen LogP contribution in [0.25, 0.3) is 0 Å². The highest BCUT2D eigenvalue weighted by atomic mass is 19.4. The summed E-state index contributed by atoms with van der Waals surface area (Å²) in [6.07, 6.45) is 1.45. The normalized spacial score (nSPS) is 23.8. The Morgan fingerprint density at radius 2 is 1.98 bits per heavy atom. The number of nitrogens with two attached hydrogens (primary N) is 1. The SMILES string of the molecule is COCC1CCC(C2=C3C=NC=C[N+]3(N)C(c3ccc(C(=O)Nc4cc(C(F)(F)F)ccn4)cc3)=N2)CN1C(=O)O. The number of amides is 2. The van der Waals surface area contributed by atoms with Crippen LogP contribution < -0.4 is 11.2 Å². The molecular weight excluding hydrogens is 543 g/mol. The van der Waals surface area contributed by atoms with Crippen molar-refractivity contribution in [2.45, 2.75) is 25.1 Å². The molecule has 5 rings (SSSR count). The molecule has 4 heterocycles. The summed E-state index contributed by atoms with van der Waals surface area (Å²) in [5.41, 5.74) is 1.10. The van der Waals surface area contributed by atoms with Crippen LogP contribution in [0.1, 0.15) is 34.3 Å². The summed E-state index contributed by atoms with van der Waals surface area (Å²) in [6.45, 7) is 0.517. The average molecular weight is 571 g/mol. The number of allylic oxidation sites excluding steroid dienone is 1. The predicted molar refractivity (Wildman–Crippen MR) is 142 cm³/mol. The van der Waals surface area contributed by atoms with E-state index in [0.717, 1.165) is 18.3 Å². The highest BCUT2D eigenvalue weighted by Gasteiger charge is 2.47. The molecule has 4 N–H and O–H groups in total. The van der Waals surface area contributed by atoms with Crippen LogP contribution in [0.2, 0.25) is 0 Å². The minimum absolute atomic E-state index is 0.188. The third-order valence-electron chi connectivity index (χ3n) is 7.25. The van der Waals surface area contributed by atoms with Crippen LogP contribution in [0, 0.1) is 5.92 Å². The molecule has 0 saturated carbocycles. The van der Waals surface area contributed by atoms with Gasteiger partial charge in [0.1, 0.15) is 17.7 Å². The highest BCUT2D eigenvalue weighted by molar-refractivity contribution is 6.05. The number of nitrogens with one attached hydrogen (secondary N) is 1. The van der Waals surface area contributed by atoms with Gasteiger partial charge in [-0.15, -0.1) is 4.59 Å². The molecule has 0 aliphatic carbocycles. The molecule has 11 nitrogen and oxygen atoms in total. The molecule has 2 aromatic rings. The predicted octanol–water partition coefficient (Wildman–Crippen LogP) is 3.98. The molecule has 1 aromatic heterocycles. The molecule has 0 spiro atoms. The first-order chi connectivity index (χ1) is 19.5. The summed E-state index contributed by atoms with van der Waals surface area (Å²) < 4.78 is 43.9. The third kappa shape index (κ3) is 5.49. The van der Waals surface area contributed by atoms with E-state index in [2.05, 4.69) is 15.3 Å². The molecule has 3 aliphatic rings. The molecule has 1 aromatic carbocycles. The molecule has 3 atom stereocenters. The maximum absolute atomic E-state index is 13.0. The van der Waals surface area contributed by atoms with Crippen LogP contribution in [0.3, 0.4) is 0 Å². The van der Waals surface area contributed by atoms with Gasteiger partial charge in [-0.1, -0.05) is 0 Å². The van der Waals surface area contributed by atoms with Gasteiger partial charge < -0.3 is 20.1 Å². The van der Waals surface area contributed by atoms with E-state index in [4.69, 9.17) is 15.6 Å². The lowest BCUT2D eigenvalue weighted by Crippen LogP contribution is -2.53. The Labute approximate surface area is 232 Å². The van der Waals surface area contributed by atoms with E-state index < -0.39 is 23.7 Å². The number of quaternary nitrogens is 1. The number of ether oxygens (including phenoxy) is 1. The second kappa shape index (κ2) is 10.9. The smallest absolute Gasteiger partial charge is 0.416 e. The summed E-state index contributed by atoms with van der Waals surface area (Å²) in [6, 6.07) is 7.61. The Balaban J connectivity index is 1.38. The number of carbonyl (C=O) groups is 2. The minimum Gasteiger partial charge on any atom is -0.465 e. The molecule has 1 fully saturated rings. The largest absolute Gasteiger partial charge is 0.465 e. The van der Waals surface area contributed by atoms with Gasteiger partial charge in [0.15, 0.2) is 0 Å². The lowest BCUT2D eigenvalue weighted by Gasteiger charge is -2.37. The molecule has 3 aliphatic heterocycles. The number of carbonyl (C=O) groups excluding carboxylic acids is 1. The van der Waals surface area contributed by atoms with E-state index >= 15 is 0 Å². The number of nitrogens with zero attached hydrogens (tertiary/aromatic N) is 5. The van der Waals surface area contributed by atoms with Crippen LogP contribution in [-0.4, -0.2) is 69.9 Å². The number of methoxy groups -OCH3 is 1. The van der Waals surface area contributed by atoms with Crippen molar-refractivity contribution >= 4 is 29.9 Å². The van der Waals surface area contributed by atoms with Gasteiger partial charge in [0, 0.05) is 31.3 Å². The van der Waals surface area contributed by atoms with Crippen LogP contribution in [0.5, 0.6) is 0 Å². The average Bonchev–Trinajstić information content (AvgIpc) is 3.26. The third-order valence-corrected chi connectivity index (χ3v) is 7.25. The number of halogens is 3. The van der Waals surface area contributed by atoms with E-state index in [1.807, 2.05) is 0 Å². The molecule has 1 saturated heterocycles. The number of pyridine rings is 1. The fraction of sp³-hybridized carbons (Fsp3) is 0.296. The number of aromatic nitrogens is 1. The van der Waals surface area contributed by atoms with E-state index in [1.54, 1.807) is 30.7 Å². The topological polar surface area (TPSA) is 142 Å². The minimum atomic E-state index is -4.57. The fourth-order valence-corrected chi connectivity index (χ4v) is 5.19. The van der Waals surface area contributed by atoms with E-state index in [9.17, 15) is 27.9 Å². The first-order valence-corrected chi connectivity index (χ1v) is 12.7. The quantitative estimate of drug-likeness (QED) is 0.354. The Hall–Kier alpha value is -4.40. The molecule has 2 amide bonds. The number of likely N-dealkylation sites (tertiary alicyclic amines) is 1. The van der Waals surface area contributed by atoms with Crippen molar-refractivity contribution in [3.8, 4) is 0 Å². The Kier molecular flexibility index (Phi) is 7.46. The molecule has 214 valence electrons. The van der Waals surface area contributed by atoms with Crippen LogP contribution in [0.15, 0.2) is 76.4 Å². The van der Waals surface area contributed by atoms with Crippen molar-refractivity contribution in [3.63, 3.8) is 0 Å². The maximum Gasteiger partial charge on any atom is 0.416 e. The Bertz CT molecular complexity index is 1490. The van der Waals surface area contributed by atoms with Crippen molar-refractivity contribution in [2.75, 3.05) is 25.6 Å². The molecular formula is C27H27F3N7O4+. The number of amidine groups is 1. The zero-order valence-corrected chi connectivity index (χ0v) is 21.9. The van der Waals surface area contributed by atoms with Gasteiger partial charge in [0.25, 0.3) is 11.7 Å². The number of carboxylic acid groups (broad SMARTS) is 1. The maximum atomic E-state index is 13.0. The van der Waals surface area contributed by atoms with Crippen molar-refractivity contribution in [1.29, 1.82) is 0 Å². The number of benzene rings is 1. The van der Waals surface area contributed by atoms with Gasteiger partial charge in [0.2, 0.25) is 5.70 Å². The van der Waals surface area contributed by atoms with E-state index in [-0.39, 0.29) is 34.5 Å². The molecule has 0 radical (unpaired) electrons. The van der Waals surface area contributed by atoms with Gasteiger partial charge in [-0.2, -0.15) is 24.0 Å². The fourth-order valence-electron chi connectivity index (χ4n) is 5.19. The van der Waals surface area contributed by atoms with Gasteiger partial charge >= 0.3 is 12.3 Å². The van der Waals surface area contributed by atoms with Crippen molar-refractivity contribution in [3.05, 3.63) is 83.1 Å². The van der Waals surface area contributed by atoms with Crippen molar-refractivity contribution in [1.82, 2.24) is 9.88 Å². The van der Waals surface area contributed by atoms with E-state index in [0.29, 0.717) is 42.2 Å². The summed E-state index contributed by atoms with van der Waals surface area (Å²) >= 11 is 0. The number of fused-ring (bicyclic) bond motifs is 1. The second-order valence-electron chi connectivity index (χ2n) is 9.84. The second-order valence-corrected chi connectivity index (χ2v) is 9.84. The number of alkyl halides is 3. The zero-order valence-electron chi connectivity index (χ0n) is 21.9. The van der Waals surface area contributed by atoms with Gasteiger partial charge in [-0.3, -0.25) is 9.79 Å². The number of aliphatic imine (C=N–C) groups is 2. The number of rotatable bonds is 6. The first kappa shape index (κ1) is 28.1. The number of hydrogen-bond donors (Lipinski definition) is 3. The van der Waals surface area contributed by atoms with Crippen LogP contribution >= 0.6 is 0 Å². The first-order valence-electron chi connectivity index (χ1n) is 12.7. The monoisotopic (exact) mass is 570 g/mol. The molecule has 0 bridgehead atoms. The molecule has 14 heteroatoms. The number of anilines is 1. The van der Waals surface area contributed by atoms with Gasteiger partial charge in [-0.05, 0) is 49.2 Å². The molecule has 3 unspecified atom stereocenters. The van der Waals surface area contributed by atoms with Crippen molar-refractivity contribution in [2.24, 2.45) is 21.7 Å². The number of piperidine rings is 1. The van der Waals surface area contributed by atoms with Gasteiger partial charge in [0.05, 0.1) is 36.2 Å². The van der Waals surface area contributed by atoms with Crippen LogP contribution in [-0.2, 0) is 10.9 Å². The summed E-state index contributed by atoms with van der Waals surface area (Å²) in [4.78, 5) is 38.9. The summed E-state index contributed by atoms with van der Waals surface area (Å²) in [7, 11) is 1.53. The summed E-state index contributed by atoms with van der Waals surface area (Å²) in [5.74, 6) is 6.15. The van der Waals surface area contributed by atoms with Crippen LogP contribution in [0.4, 0.5) is 23.8 Å². The van der Waals surface area contributed by atoms with E-state index in [1.165, 1.54) is 24.1 Å². The Morgan fingerprint density at radius 3 is 2.66 bits per heavy atom. The standard InChI is InChI=1S/C27H26F3N7O4/c1-41-15-20-7-6-18(14-36(20)26(39)40)23-21-13-32-10-11-37(21,31)24(35-23)16-2-4-17(5-3-16)25(38)34-22-12-19(8-9-33-22)27(28,29)30/h2-5,8-13,18,20H,6-7,14-15,31H2,1H3,(H-,33,34,38,39,40)/p+1. The molecule has 41 heavy (non-hydrogen) atoms. The highest BCUT2D eigenvalue weighted by Crippen LogP contribution is 2.38. The zero-order chi connectivity index (χ0) is 29.4. The lowest BCUT2D eigenvalue weighted by molar-refractivity contribution is -0.750.